The van der Waals surface area contributed by atoms with Gasteiger partial charge in [-0.3, -0.25) is 9.59 Å². The second-order valence-electron chi connectivity index (χ2n) is 5.90. The van der Waals surface area contributed by atoms with E-state index < -0.39 is 30.5 Å². The summed E-state index contributed by atoms with van der Waals surface area (Å²) in [6.07, 6.45) is -3.73. The molecule has 1 heterocycles. The van der Waals surface area contributed by atoms with Crippen molar-refractivity contribution >= 4 is 22.6 Å². The molecule has 3 rings (SSSR count). The molecule has 3 N–H and O–H groups in total. The zero-order chi connectivity index (χ0) is 21.9. The van der Waals surface area contributed by atoms with E-state index in [-0.39, 0.29) is 33.7 Å². The molecule has 0 saturated heterocycles. The summed E-state index contributed by atoms with van der Waals surface area (Å²) in [5.41, 5.74) is 0.00317. The van der Waals surface area contributed by atoms with Gasteiger partial charge in [0, 0.05) is 17.0 Å². The van der Waals surface area contributed by atoms with E-state index in [9.17, 15) is 27.9 Å². The molecule has 0 fully saturated rings. The maximum atomic E-state index is 12.3. The van der Waals surface area contributed by atoms with Crippen molar-refractivity contribution < 1.29 is 42.4 Å². The van der Waals surface area contributed by atoms with Crippen LogP contribution in [0.25, 0.3) is 10.8 Å². The Bertz CT molecular complexity index is 1100. The van der Waals surface area contributed by atoms with Crippen LogP contribution in [0.3, 0.4) is 0 Å². The highest BCUT2D eigenvalue weighted by atomic mass is 19.4. The van der Waals surface area contributed by atoms with Crippen LogP contribution in [0, 0.1) is 0 Å². The first-order chi connectivity index (χ1) is 14.1. The number of amides is 1. The molecule has 8 nitrogen and oxygen atoms in total. The SMILES string of the molecule is O=C(O)CNC(=O)c1cnc(O)c2ccc(Oc3ccc(OC(F)(F)F)cc3)cc12. The quantitative estimate of drug-likeness (QED) is 0.557. The minimum atomic E-state index is -4.81. The molecular formula is C19H13F3N2O6. The monoisotopic (exact) mass is 422 g/mol. The molecule has 0 radical (unpaired) electrons. The number of aliphatic carboxylic acids is 1. The van der Waals surface area contributed by atoms with Crippen LogP contribution in [0.5, 0.6) is 23.1 Å². The highest BCUT2D eigenvalue weighted by Crippen LogP contribution is 2.32. The van der Waals surface area contributed by atoms with Gasteiger partial charge in [-0.05, 0) is 42.5 Å². The third-order valence-electron chi connectivity index (χ3n) is 3.78. The average molecular weight is 422 g/mol. The third kappa shape index (κ3) is 5.07. The van der Waals surface area contributed by atoms with Gasteiger partial charge in [0.2, 0.25) is 5.88 Å². The van der Waals surface area contributed by atoms with E-state index in [1.165, 1.54) is 30.3 Å². The highest BCUT2D eigenvalue weighted by Gasteiger charge is 2.31. The minimum Gasteiger partial charge on any atom is -0.493 e. The lowest BCUT2D eigenvalue weighted by molar-refractivity contribution is -0.274. The number of carbonyl (C=O) groups is 2. The van der Waals surface area contributed by atoms with Crippen LogP contribution in [0.15, 0.2) is 48.7 Å². The van der Waals surface area contributed by atoms with Gasteiger partial charge in [-0.2, -0.15) is 0 Å². The van der Waals surface area contributed by atoms with Gasteiger partial charge in [0.25, 0.3) is 5.91 Å². The molecule has 0 aliphatic heterocycles. The number of nitrogens with one attached hydrogen (secondary N) is 1. The zero-order valence-corrected chi connectivity index (χ0v) is 14.9. The van der Waals surface area contributed by atoms with Crippen LogP contribution < -0.4 is 14.8 Å². The number of ether oxygens (including phenoxy) is 2. The predicted octanol–water partition coefficient (Wildman–Crippen LogP) is 3.45. The summed E-state index contributed by atoms with van der Waals surface area (Å²) in [6.45, 7) is -0.607. The molecule has 0 spiro atoms. The summed E-state index contributed by atoms with van der Waals surface area (Å²) < 4.78 is 46.0. The zero-order valence-electron chi connectivity index (χ0n) is 14.9. The molecule has 3 aromatic rings. The van der Waals surface area contributed by atoms with Gasteiger partial charge in [-0.15, -0.1) is 13.2 Å². The van der Waals surface area contributed by atoms with Crippen LogP contribution >= 0.6 is 0 Å². The van der Waals surface area contributed by atoms with E-state index in [2.05, 4.69) is 15.0 Å². The van der Waals surface area contributed by atoms with Crippen LogP contribution in [0.2, 0.25) is 0 Å². The number of rotatable bonds is 6. The van der Waals surface area contributed by atoms with Crippen molar-refractivity contribution in [3.05, 3.63) is 54.2 Å². The van der Waals surface area contributed by atoms with Crippen molar-refractivity contribution in [1.82, 2.24) is 10.3 Å². The van der Waals surface area contributed by atoms with Gasteiger partial charge < -0.3 is 25.0 Å². The fourth-order valence-corrected chi connectivity index (χ4v) is 2.55. The van der Waals surface area contributed by atoms with E-state index in [1.54, 1.807) is 0 Å². The van der Waals surface area contributed by atoms with E-state index in [0.29, 0.717) is 0 Å². The molecule has 30 heavy (non-hydrogen) atoms. The van der Waals surface area contributed by atoms with Crippen molar-refractivity contribution in [2.45, 2.75) is 6.36 Å². The maximum Gasteiger partial charge on any atom is 0.573 e. The summed E-state index contributed by atoms with van der Waals surface area (Å²) in [4.78, 5) is 26.6. The van der Waals surface area contributed by atoms with E-state index >= 15 is 0 Å². The fraction of sp³-hybridized carbons (Fsp3) is 0.105. The molecular weight excluding hydrogens is 409 g/mol. The lowest BCUT2D eigenvalue weighted by Crippen LogP contribution is -2.29. The largest absolute Gasteiger partial charge is 0.573 e. The summed E-state index contributed by atoms with van der Waals surface area (Å²) >= 11 is 0. The molecule has 2 aromatic carbocycles. The number of pyridine rings is 1. The number of nitrogens with zero attached hydrogens (tertiary/aromatic N) is 1. The number of hydrogen-bond donors (Lipinski definition) is 3. The normalized spacial score (nSPS) is 11.2. The maximum absolute atomic E-state index is 12.3. The summed E-state index contributed by atoms with van der Waals surface area (Å²) in [5.74, 6) is -2.31. The Balaban J connectivity index is 1.87. The standard InChI is InChI=1S/C19H13F3N2O6/c20-19(21,22)30-11-3-1-10(2-4-11)29-12-5-6-13-14(7-12)15(8-23-17(13)27)18(28)24-9-16(25)26/h1-8H,9H2,(H,23,27)(H,24,28)(H,25,26). The Morgan fingerprint density at radius 2 is 1.63 bits per heavy atom. The Morgan fingerprint density at radius 3 is 2.27 bits per heavy atom. The smallest absolute Gasteiger partial charge is 0.493 e. The Morgan fingerprint density at radius 1 is 1.00 bits per heavy atom. The van der Waals surface area contributed by atoms with Crippen LogP contribution in [-0.2, 0) is 4.79 Å². The first kappa shape index (κ1) is 20.7. The molecule has 0 aliphatic rings. The highest BCUT2D eigenvalue weighted by molar-refractivity contribution is 6.08. The Kier molecular flexibility index (Phi) is 5.63. The molecule has 11 heteroatoms. The predicted molar refractivity (Wildman–Crippen MR) is 96.6 cm³/mol. The Labute approximate surface area is 166 Å². The van der Waals surface area contributed by atoms with Crippen molar-refractivity contribution in [3.8, 4) is 23.1 Å². The first-order valence-corrected chi connectivity index (χ1v) is 8.28. The number of aromatic nitrogens is 1. The lowest BCUT2D eigenvalue weighted by Gasteiger charge is -2.12. The molecule has 1 aromatic heterocycles. The van der Waals surface area contributed by atoms with Gasteiger partial charge >= 0.3 is 12.3 Å². The topological polar surface area (TPSA) is 118 Å². The number of carboxylic acids is 1. The molecule has 0 aliphatic carbocycles. The van der Waals surface area contributed by atoms with Gasteiger partial charge in [0.05, 0.1) is 5.56 Å². The fourth-order valence-electron chi connectivity index (χ4n) is 2.55. The van der Waals surface area contributed by atoms with Gasteiger partial charge in [-0.25, -0.2) is 4.98 Å². The second kappa shape index (κ2) is 8.15. The molecule has 0 atom stereocenters. The number of benzene rings is 2. The molecule has 0 bridgehead atoms. The van der Waals surface area contributed by atoms with Crippen molar-refractivity contribution in [2.24, 2.45) is 0 Å². The van der Waals surface area contributed by atoms with Gasteiger partial charge in [-0.1, -0.05) is 0 Å². The van der Waals surface area contributed by atoms with E-state index in [4.69, 9.17) is 9.84 Å². The lowest BCUT2D eigenvalue weighted by atomic mass is 10.1. The van der Waals surface area contributed by atoms with Crippen molar-refractivity contribution in [3.63, 3.8) is 0 Å². The van der Waals surface area contributed by atoms with Crippen molar-refractivity contribution in [2.75, 3.05) is 6.54 Å². The number of alkyl halides is 3. The summed E-state index contributed by atoms with van der Waals surface area (Å²) in [5, 5.41) is 21.3. The van der Waals surface area contributed by atoms with Crippen molar-refractivity contribution in [1.29, 1.82) is 0 Å². The number of aromatic hydroxyl groups is 1. The van der Waals surface area contributed by atoms with Gasteiger partial charge in [0.15, 0.2) is 0 Å². The van der Waals surface area contributed by atoms with Gasteiger partial charge in [0.1, 0.15) is 23.8 Å². The number of fused-ring (bicyclic) bond motifs is 1. The first-order valence-electron chi connectivity index (χ1n) is 8.28. The Hall–Kier alpha value is -4.02. The average Bonchev–Trinajstić information content (AvgIpc) is 2.67. The van der Waals surface area contributed by atoms with Crippen LogP contribution in [-0.4, -0.2) is 40.0 Å². The third-order valence-corrected chi connectivity index (χ3v) is 3.78. The number of halogens is 3. The number of carboxylic acid groups (broad SMARTS) is 1. The molecule has 1 amide bonds. The second-order valence-corrected chi connectivity index (χ2v) is 5.90. The molecule has 0 saturated carbocycles. The summed E-state index contributed by atoms with van der Waals surface area (Å²) in [6, 6.07) is 8.97. The molecule has 0 unspecified atom stereocenters. The minimum absolute atomic E-state index is 0.00317. The summed E-state index contributed by atoms with van der Waals surface area (Å²) in [7, 11) is 0. The number of carbonyl (C=O) groups excluding carboxylic acids is 1. The molecule has 156 valence electrons. The van der Waals surface area contributed by atoms with Crippen LogP contribution in [0.1, 0.15) is 10.4 Å². The van der Waals surface area contributed by atoms with E-state index in [1.807, 2.05) is 0 Å². The number of hydrogen-bond acceptors (Lipinski definition) is 6. The van der Waals surface area contributed by atoms with E-state index in [0.717, 1.165) is 18.3 Å². The van der Waals surface area contributed by atoms with Crippen LogP contribution in [0.4, 0.5) is 13.2 Å².